The fourth-order valence-electron chi connectivity index (χ4n) is 2.40. The first-order chi connectivity index (χ1) is 12.9. The molecule has 7 heteroatoms. The summed E-state index contributed by atoms with van der Waals surface area (Å²) < 4.78 is 0.539. The number of aromatic amines is 1. The number of nitrogens with zero attached hydrogens (tertiary/aromatic N) is 3. The van der Waals surface area contributed by atoms with Crippen LogP contribution in [0.3, 0.4) is 0 Å². The van der Waals surface area contributed by atoms with Crippen LogP contribution >= 0.6 is 24.0 Å². The van der Waals surface area contributed by atoms with Gasteiger partial charge in [-0.05, 0) is 38.0 Å². The van der Waals surface area contributed by atoms with E-state index in [9.17, 15) is 0 Å². The molecule has 5 nitrogen and oxygen atoms in total. The first-order valence-electron chi connectivity index (χ1n) is 9.16. The van der Waals surface area contributed by atoms with Gasteiger partial charge in [-0.15, -0.1) is 0 Å². The molecule has 1 fully saturated rings. The lowest BCUT2D eigenvalue weighted by Crippen LogP contribution is -2.26. The molecular formula is C20H29N5S2. The maximum Gasteiger partial charge on any atom is 0.123 e. The minimum Gasteiger partial charge on any atom is -0.388 e. The van der Waals surface area contributed by atoms with E-state index in [4.69, 9.17) is 22.7 Å². The van der Waals surface area contributed by atoms with Crippen LogP contribution in [-0.4, -0.2) is 36.1 Å². The average Bonchev–Trinajstić information content (AvgIpc) is 2.95. The molecule has 2 N–H and O–H groups in total. The molecular weight excluding hydrogens is 374 g/mol. The van der Waals surface area contributed by atoms with Crippen molar-refractivity contribution in [1.29, 1.82) is 10.5 Å². The van der Waals surface area contributed by atoms with Crippen LogP contribution in [0.25, 0.3) is 0 Å². The van der Waals surface area contributed by atoms with Crippen molar-refractivity contribution < 1.29 is 0 Å². The third kappa shape index (κ3) is 8.07. The van der Waals surface area contributed by atoms with E-state index in [1.54, 1.807) is 0 Å². The van der Waals surface area contributed by atoms with Gasteiger partial charge in [0, 0.05) is 42.9 Å². The number of aromatic nitrogens is 1. The SMILES string of the molecule is C/C(C#N)=C(\C)NCC(C)C.N#Cc1c(N2CCCSCC2)cc[nH]c1=S. The number of anilines is 1. The molecule has 27 heavy (non-hydrogen) atoms. The van der Waals surface area contributed by atoms with Crippen molar-refractivity contribution in [3.63, 3.8) is 0 Å². The number of thioether (sulfide) groups is 1. The van der Waals surface area contributed by atoms with Gasteiger partial charge >= 0.3 is 0 Å². The Morgan fingerprint density at radius 1 is 1.33 bits per heavy atom. The number of H-pyrrole nitrogens is 1. The van der Waals surface area contributed by atoms with E-state index in [0.717, 1.165) is 42.3 Å². The molecule has 0 amide bonds. The van der Waals surface area contributed by atoms with Gasteiger partial charge in [0.2, 0.25) is 0 Å². The fraction of sp³-hybridized carbons (Fsp3) is 0.550. The van der Waals surface area contributed by atoms with Crippen LogP contribution < -0.4 is 10.2 Å². The monoisotopic (exact) mass is 403 g/mol. The van der Waals surface area contributed by atoms with Crippen LogP contribution in [0.1, 0.15) is 39.7 Å². The largest absolute Gasteiger partial charge is 0.388 e. The Hall–Kier alpha value is -1.96. The number of allylic oxidation sites excluding steroid dienone is 2. The van der Waals surface area contributed by atoms with Crippen LogP contribution in [0.5, 0.6) is 0 Å². The van der Waals surface area contributed by atoms with Crippen molar-refractivity contribution in [3.05, 3.63) is 33.7 Å². The van der Waals surface area contributed by atoms with E-state index < -0.39 is 0 Å². The van der Waals surface area contributed by atoms with Gasteiger partial charge in [0.05, 0.1) is 11.8 Å². The average molecular weight is 404 g/mol. The quantitative estimate of drug-likeness (QED) is 0.565. The van der Waals surface area contributed by atoms with Gasteiger partial charge in [-0.1, -0.05) is 26.1 Å². The predicted octanol–water partition coefficient (Wildman–Crippen LogP) is 4.61. The van der Waals surface area contributed by atoms with E-state index in [1.165, 1.54) is 12.2 Å². The summed E-state index contributed by atoms with van der Waals surface area (Å²) in [5, 5.41) is 20.8. The first-order valence-corrected chi connectivity index (χ1v) is 10.7. The predicted molar refractivity (Wildman–Crippen MR) is 117 cm³/mol. The summed E-state index contributed by atoms with van der Waals surface area (Å²) >= 11 is 7.11. The molecule has 0 saturated carbocycles. The molecule has 0 radical (unpaired) electrons. The van der Waals surface area contributed by atoms with Crippen LogP contribution in [-0.2, 0) is 0 Å². The lowest BCUT2D eigenvalue weighted by atomic mass is 10.2. The molecule has 2 rings (SSSR count). The van der Waals surface area contributed by atoms with Crippen molar-refractivity contribution in [2.45, 2.75) is 34.1 Å². The maximum atomic E-state index is 9.13. The maximum absolute atomic E-state index is 9.13. The Morgan fingerprint density at radius 2 is 2.07 bits per heavy atom. The second-order valence-electron chi connectivity index (χ2n) is 6.77. The van der Waals surface area contributed by atoms with Crippen LogP contribution in [0.2, 0.25) is 0 Å². The van der Waals surface area contributed by atoms with E-state index in [-0.39, 0.29) is 0 Å². The molecule has 1 aromatic rings. The highest BCUT2D eigenvalue weighted by molar-refractivity contribution is 7.99. The lowest BCUT2D eigenvalue weighted by Gasteiger charge is -2.23. The summed E-state index contributed by atoms with van der Waals surface area (Å²) in [7, 11) is 0. The van der Waals surface area contributed by atoms with Gasteiger partial charge in [0.1, 0.15) is 16.3 Å². The first kappa shape index (κ1) is 23.1. The molecule has 0 unspecified atom stereocenters. The second-order valence-corrected chi connectivity index (χ2v) is 8.40. The molecule has 0 aromatic carbocycles. The van der Waals surface area contributed by atoms with Gasteiger partial charge in [-0.3, -0.25) is 0 Å². The smallest absolute Gasteiger partial charge is 0.123 e. The Morgan fingerprint density at radius 3 is 2.70 bits per heavy atom. The third-order valence-corrected chi connectivity index (χ3v) is 5.49. The van der Waals surface area contributed by atoms with Crippen molar-refractivity contribution in [1.82, 2.24) is 10.3 Å². The normalized spacial score (nSPS) is 14.9. The molecule has 1 aliphatic rings. The topological polar surface area (TPSA) is 78.6 Å². The van der Waals surface area contributed by atoms with Gasteiger partial charge in [-0.25, -0.2) is 0 Å². The molecule has 1 aromatic heterocycles. The minimum atomic E-state index is 0.539. The molecule has 0 atom stereocenters. The van der Waals surface area contributed by atoms with Crippen molar-refractivity contribution in [2.24, 2.45) is 5.92 Å². The minimum absolute atomic E-state index is 0.539. The van der Waals surface area contributed by atoms with Gasteiger partial charge in [0.25, 0.3) is 0 Å². The van der Waals surface area contributed by atoms with E-state index in [0.29, 0.717) is 16.1 Å². The fourth-order valence-corrected chi connectivity index (χ4v) is 3.51. The highest BCUT2D eigenvalue weighted by atomic mass is 32.2. The zero-order valence-electron chi connectivity index (χ0n) is 16.6. The highest BCUT2D eigenvalue weighted by Crippen LogP contribution is 2.22. The Balaban J connectivity index is 0.000000293. The summed E-state index contributed by atoms with van der Waals surface area (Å²) in [4.78, 5) is 5.17. The Labute approximate surface area is 172 Å². The van der Waals surface area contributed by atoms with Crippen molar-refractivity contribution in [3.8, 4) is 12.1 Å². The molecule has 1 saturated heterocycles. The van der Waals surface area contributed by atoms with Gasteiger partial charge in [0.15, 0.2) is 0 Å². The molecule has 1 aliphatic heterocycles. The Bertz CT molecular complexity index is 760. The highest BCUT2D eigenvalue weighted by Gasteiger charge is 2.14. The van der Waals surface area contributed by atoms with Crippen LogP contribution in [0.15, 0.2) is 23.5 Å². The zero-order chi connectivity index (χ0) is 20.2. The van der Waals surface area contributed by atoms with Gasteiger partial charge in [-0.2, -0.15) is 22.3 Å². The van der Waals surface area contributed by atoms with E-state index in [2.05, 4.69) is 41.2 Å². The van der Waals surface area contributed by atoms with E-state index in [1.807, 2.05) is 37.9 Å². The van der Waals surface area contributed by atoms with Crippen LogP contribution in [0.4, 0.5) is 5.69 Å². The summed E-state index contributed by atoms with van der Waals surface area (Å²) in [5.74, 6) is 2.95. The number of hydrogen-bond acceptors (Lipinski definition) is 6. The standard InChI is InChI=1S/C11H13N3S2.C9H16N2/c12-8-9-10(2-3-13-11(9)15)14-4-1-6-16-7-5-14;1-7(2)6-11-9(4)8(3)5-10/h2-3H,1,4-7H2,(H,13,15);7,11H,6H2,1-4H3/b;9-8-. The zero-order valence-corrected chi connectivity index (χ0v) is 18.3. The lowest BCUT2D eigenvalue weighted by molar-refractivity contribution is 0.595. The van der Waals surface area contributed by atoms with Crippen LogP contribution in [0, 0.1) is 33.2 Å². The number of rotatable bonds is 4. The van der Waals surface area contributed by atoms with E-state index >= 15 is 0 Å². The number of nitriles is 2. The summed E-state index contributed by atoms with van der Waals surface area (Å²) in [5.41, 5.74) is 3.34. The summed E-state index contributed by atoms with van der Waals surface area (Å²) in [6, 6.07) is 6.25. The van der Waals surface area contributed by atoms with Crippen molar-refractivity contribution >= 4 is 29.7 Å². The summed E-state index contributed by atoms with van der Waals surface area (Å²) in [6.45, 7) is 11.0. The molecule has 2 heterocycles. The molecule has 0 spiro atoms. The number of hydrogen-bond donors (Lipinski definition) is 2. The molecule has 0 bridgehead atoms. The Kier molecular flexibility index (Phi) is 10.6. The van der Waals surface area contributed by atoms with Crippen molar-refractivity contribution in [2.75, 3.05) is 36.0 Å². The third-order valence-electron chi connectivity index (χ3n) is 4.12. The van der Waals surface area contributed by atoms with Gasteiger partial charge < -0.3 is 15.2 Å². The number of nitrogens with one attached hydrogen (secondary N) is 2. The molecule has 146 valence electrons. The number of pyridine rings is 1. The molecule has 0 aliphatic carbocycles. The second kappa shape index (κ2) is 12.4. The summed E-state index contributed by atoms with van der Waals surface area (Å²) in [6.07, 6.45) is 2.98.